The van der Waals surface area contributed by atoms with Gasteiger partial charge in [0.25, 0.3) is 0 Å². The van der Waals surface area contributed by atoms with Crippen LogP contribution in [0.3, 0.4) is 0 Å². The van der Waals surface area contributed by atoms with E-state index >= 15 is 0 Å². The van der Waals surface area contributed by atoms with Crippen LogP contribution >= 0.6 is 23.2 Å². The van der Waals surface area contributed by atoms with E-state index in [9.17, 15) is 0 Å². The average Bonchev–Trinajstić information content (AvgIpc) is 3.01. The largest absolute Gasteiger partial charge is 0.242 e. The Morgan fingerprint density at radius 2 is 0.800 bits per heavy atom. The number of hydrogen-bond donors (Lipinski definition) is 0. The summed E-state index contributed by atoms with van der Waals surface area (Å²) in [4.78, 5) is 18.8. The number of pyridine rings is 2. The molecule has 0 atom stereocenters. The molecule has 0 N–H and O–H groups in total. The van der Waals surface area contributed by atoms with E-state index in [1.54, 1.807) is 36.7 Å². The van der Waals surface area contributed by atoms with Crippen LogP contribution < -0.4 is 0 Å². The van der Waals surface area contributed by atoms with Crippen molar-refractivity contribution in [2.24, 2.45) is 0 Å². The van der Waals surface area contributed by atoms with E-state index in [0.717, 1.165) is 21.9 Å². The SMILES string of the molecule is Clc1ccc(-c2cnc(-c3ccc4ccc5ccc(-c6ncc(-c7ccc(Cl)cc7)nn6)nc5c4n3)nn2)cc1. The van der Waals surface area contributed by atoms with Gasteiger partial charge in [-0.05, 0) is 36.4 Å². The monoisotopic (exact) mass is 558 g/mol. The van der Waals surface area contributed by atoms with Crippen molar-refractivity contribution in [1.29, 1.82) is 0 Å². The Morgan fingerprint density at radius 3 is 1.18 bits per heavy atom. The van der Waals surface area contributed by atoms with E-state index in [-0.39, 0.29) is 0 Å². The third-order valence-corrected chi connectivity index (χ3v) is 6.88. The molecule has 0 saturated carbocycles. The Morgan fingerprint density at radius 1 is 0.400 bits per heavy atom. The van der Waals surface area contributed by atoms with Crippen molar-refractivity contribution in [2.45, 2.75) is 0 Å². The number of nitrogens with zero attached hydrogens (tertiary/aromatic N) is 8. The number of halogens is 2. The van der Waals surface area contributed by atoms with E-state index in [2.05, 4.69) is 30.4 Å². The third kappa shape index (κ3) is 4.59. The number of hydrogen-bond acceptors (Lipinski definition) is 8. The summed E-state index contributed by atoms with van der Waals surface area (Å²) in [5.41, 5.74) is 5.66. The first-order valence-corrected chi connectivity index (χ1v) is 13.0. The molecular formula is C30H16Cl2N8. The molecule has 4 aromatic heterocycles. The summed E-state index contributed by atoms with van der Waals surface area (Å²) in [5, 5.41) is 20.5. The van der Waals surface area contributed by atoms with Gasteiger partial charge >= 0.3 is 0 Å². The summed E-state index contributed by atoms with van der Waals surface area (Å²) in [5.74, 6) is 0.830. The molecule has 4 heterocycles. The fourth-order valence-electron chi connectivity index (χ4n) is 4.31. The summed E-state index contributed by atoms with van der Waals surface area (Å²) in [6, 6.07) is 26.4. The van der Waals surface area contributed by atoms with Gasteiger partial charge in [-0.25, -0.2) is 19.9 Å². The summed E-state index contributed by atoms with van der Waals surface area (Å²) in [7, 11) is 0. The minimum absolute atomic E-state index is 0.415. The van der Waals surface area contributed by atoms with Crippen molar-refractivity contribution < 1.29 is 0 Å². The minimum Gasteiger partial charge on any atom is -0.242 e. The second-order valence-corrected chi connectivity index (χ2v) is 9.82. The van der Waals surface area contributed by atoms with Gasteiger partial charge in [-0.2, -0.15) is 0 Å². The normalized spacial score (nSPS) is 11.2. The Balaban J connectivity index is 1.25. The molecular weight excluding hydrogens is 543 g/mol. The second-order valence-electron chi connectivity index (χ2n) is 8.95. The molecule has 0 aliphatic heterocycles. The van der Waals surface area contributed by atoms with Crippen molar-refractivity contribution in [1.82, 2.24) is 40.3 Å². The molecule has 0 saturated heterocycles. The maximum atomic E-state index is 5.99. The van der Waals surface area contributed by atoms with Crippen LogP contribution in [0.25, 0.3) is 67.4 Å². The molecule has 0 fully saturated rings. The van der Waals surface area contributed by atoms with Gasteiger partial charge in [0, 0.05) is 31.9 Å². The Hall–Kier alpha value is -4.92. The number of benzene rings is 3. The van der Waals surface area contributed by atoms with Crippen molar-refractivity contribution >= 4 is 45.0 Å². The lowest BCUT2D eigenvalue weighted by Crippen LogP contribution is -1.98. The van der Waals surface area contributed by atoms with Gasteiger partial charge in [0.15, 0.2) is 11.6 Å². The van der Waals surface area contributed by atoms with Gasteiger partial charge in [-0.15, -0.1) is 20.4 Å². The molecule has 3 aromatic carbocycles. The zero-order chi connectivity index (χ0) is 27.1. The van der Waals surface area contributed by atoms with E-state index in [1.165, 1.54) is 0 Å². The van der Waals surface area contributed by atoms with Gasteiger partial charge in [0.2, 0.25) is 0 Å². The fourth-order valence-corrected chi connectivity index (χ4v) is 4.56. The number of aromatic nitrogens is 8. The lowest BCUT2D eigenvalue weighted by atomic mass is 10.1. The summed E-state index contributed by atoms with van der Waals surface area (Å²) in [6.45, 7) is 0. The highest BCUT2D eigenvalue weighted by atomic mass is 35.5. The molecule has 0 aliphatic carbocycles. The zero-order valence-corrected chi connectivity index (χ0v) is 22.1. The van der Waals surface area contributed by atoms with Crippen LogP contribution in [0.5, 0.6) is 0 Å². The molecule has 8 nitrogen and oxygen atoms in total. The summed E-state index contributed by atoms with van der Waals surface area (Å²) in [6.07, 6.45) is 3.35. The topological polar surface area (TPSA) is 103 Å². The van der Waals surface area contributed by atoms with Gasteiger partial charge < -0.3 is 0 Å². The molecule has 10 heteroatoms. The van der Waals surface area contributed by atoms with Crippen LogP contribution in [0.1, 0.15) is 0 Å². The van der Waals surface area contributed by atoms with E-state index in [0.29, 0.717) is 55.5 Å². The van der Waals surface area contributed by atoms with Crippen LogP contribution in [0, 0.1) is 0 Å². The van der Waals surface area contributed by atoms with Crippen LogP contribution in [-0.4, -0.2) is 40.3 Å². The van der Waals surface area contributed by atoms with E-state index in [1.807, 2.05) is 60.7 Å². The first kappa shape index (κ1) is 24.1. The predicted octanol–water partition coefficient (Wildman–Crippen LogP) is 7.13. The molecule has 190 valence electrons. The molecule has 7 aromatic rings. The highest BCUT2D eigenvalue weighted by Crippen LogP contribution is 2.28. The van der Waals surface area contributed by atoms with E-state index < -0.39 is 0 Å². The molecule has 7 rings (SSSR count). The first-order chi connectivity index (χ1) is 19.6. The van der Waals surface area contributed by atoms with E-state index in [4.69, 9.17) is 33.2 Å². The van der Waals surface area contributed by atoms with Crippen LogP contribution in [0.15, 0.2) is 97.3 Å². The second kappa shape index (κ2) is 10.00. The number of fused-ring (bicyclic) bond motifs is 3. The van der Waals surface area contributed by atoms with Crippen molar-refractivity contribution in [3.05, 3.63) is 107 Å². The predicted molar refractivity (Wildman–Crippen MR) is 156 cm³/mol. The third-order valence-electron chi connectivity index (χ3n) is 6.38. The highest BCUT2D eigenvalue weighted by molar-refractivity contribution is 6.30. The summed E-state index contributed by atoms with van der Waals surface area (Å²) >= 11 is 12.0. The highest BCUT2D eigenvalue weighted by Gasteiger charge is 2.12. The zero-order valence-electron chi connectivity index (χ0n) is 20.6. The smallest absolute Gasteiger partial charge is 0.200 e. The first-order valence-electron chi connectivity index (χ1n) is 12.2. The van der Waals surface area contributed by atoms with Crippen LogP contribution in [0.4, 0.5) is 0 Å². The Kier molecular flexibility index (Phi) is 6.03. The van der Waals surface area contributed by atoms with Crippen LogP contribution in [0.2, 0.25) is 10.0 Å². The van der Waals surface area contributed by atoms with Crippen molar-refractivity contribution in [2.75, 3.05) is 0 Å². The number of rotatable bonds is 4. The molecule has 0 aliphatic rings. The molecule has 40 heavy (non-hydrogen) atoms. The average molecular weight is 559 g/mol. The van der Waals surface area contributed by atoms with Gasteiger partial charge in [-0.1, -0.05) is 71.7 Å². The Labute approximate surface area is 237 Å². The van der Waals surface area contributed by atoms with Crippen molar-refractivity contribution in [3.8, 4) is 45.6 Å². The quantitative estimate of drug-likeness (QED) is 0.210. The minimum atomic E-state index is 0.415. The maximum Gasteiger partial charge on any atom is 0.200 e. The molecule has 0 unspecified atom stereocenters. The summed E-state index contributed by atoms with van der Waals surface area (Å²) < 4.78 is 0. The van der Waals surface area contributed by atoms with Gasteiger partial charge in [-0.3, -0.25) is 0 Å². The molecule has 0 amide bonds. The lowest BCUT2D eigenvalue weighted by Gasteiger charge is -2.07. The molecule has 0 spiro atoms. The standard InChI is InChI=1S/C30H16Cl2N8/c31-21-9-3-17(4-10-21)25-15-33-29(39-37-25)23-13-7-19-1-2-20-8-14-24(36-28(20)27(19)35-23)30-34-16-26(38-40-30)18-5-11-22(32)12-6-18/h1-16H. The Bertz CT molecular complexity index is 1850. The molecule has 0 radical (unpaired) electrons. The van der Waals surface area contributed by atoms with Crippen LogP contribution in [-0.2, 0) is 0 Å². The van der Waals surface area contributed by atoms with Gasteiger partial charge in [0.05, 0.1) is 23.4 Å². The van der Waals surface area contributed by atoms with Crippen molar-refractivity contribution in [3.63, 3.8) is 0 Å². The van der Waals surface area contributed by atoms with Gasteiger partial charge in [0.1, 0.15) is 22.8 Å². The fraction of sp³-hybridized carbons (Fsp3) is 0. The lowest BCUT2D eigenvalue weighted by molar-refractivity contribution is 0.978. The maximum absolute atomic E-state index is 5.99. The molecule has 0 bridgehead atoms.